The fraction of sp³-hybridized carbons (Fsp3) is 0.364. The highest BCUT2D eigenvalue weighted by Crippen LogP contribution is 2.18. The van der Waals surface area contributed by atoms with E-state index in [9.17, 15) is 4.79 Å². The van der Waals surface area contributed by atoms with Gasteiger partial charge in [-0.1, -0.05) is 11.8 Å². The van der Waals surface area contributed by atoms with Gasteiger partial charge in [-0.15, -0.1) is 0 Å². The number of H-pyrrole nitrogens is 1. The first kappa shape index (κ1) is 11.9. The Kier molecular flexibility index (Phi) is 3.33. The Morgan fingerprint density at radius 1 is 1.47 bits per heavy atom. The third kappa shape index (κ3) is 2.76. The Morgan fingerprint density at radius 3 is 2.82 bits per heavy atom. The summed E-state index contributed by atoms with van der Waals surface area (Å²) in [5, 5.41) is 0.647. The Hall–Kier alpha value is -1.56. The normalized spacial score (nSPS) is 10.8. The van der Waals surface area contributed by atoms with Crippen molar-refractivity contribution < 1.29 is 0 Å². The average Bonchev–Trinajstić information content (AvgIpc) is 2.56. The van der Waals surface area contributed by atoms with E-state index in [1.165, 1.54) is 17.8 Å². The van der Waals surface area contributed by atoms with Crippen molar-refractivity contribution in [3.05, 3.63) is 39.8 Å². The number of hydrogen-bond acceptors (Lipinski definition) is 4. The molecule has 5 nitrogen and oxygen atoms in total. The van der Waals surface area contributed by atoms with Crippen LogP contribution < -0.4 is 5.56 Å². The molecule has 0 aliphatic carbocycles. The second-order valence-corrected chi connectivity index (χ2v) is 4.80. The Morgan fingerprint density at radius 2 is 2.24 bits per heavy atom. The molecule has 2 heterocycles. The summed E-state index contributed by atoms with van der Waals surface area (Å²) >= 11 is 1.50. The van der Waals surface area contributed by atoms with Crippen LogP contribution in [0.3, 0.4) is 0 Å². The molecule has 0 bridgehead atoms. The Labute approximate surface area is 103 Å². The van der Waals surface area contributed by atoms with Crippen molar-refractivity contribution in [2.24, 2.45) is 7.05 Å². The van der Waals surface area contributed by atoms with Crippen LogP contribution in [-0.2, 0) is 12.8 Å². The highest BCUT2D eigenvalue weighted by Gasteiger charge is 2.05. The SMILES string of the molecule is Cc1cc(=O)[nH]c(SCc2cnc(C)n2C)n1. The Bertz CT molecular complexity index is 587. The van der Waals surface area contributed by atoms with Crippen LogP contribution in [0.25, 0.3) is 0 Å². The van der Waals surface area contributed by atoms with Gasteiger partial charge >= 0.3 is 0 Å². The highest BCUT2D eigenvalue weighted by atomic mass is 32.2. The average molecular weight is 250 g/mol. The quantitative estimate of drug-likeness (QED) is 0.661. The lowest BCUT2D eigenvalue weighted by atomic mass is 10.5. The van der Waals surface area contributed by atoms with Crippen molar-refractivity contribution >= 4 is 11.8 Å². The summed E-state index contributed by atoms with van der Waals surface area (Å²) in [4.78, 5) is 22.5. The van der Waals surface area contributed by atoms with E-state index in [0.29, 0.717) is 5.16 Å². The maximum absolute atomic E-state index is 11.3. The van der Waals surface area contributed by atoms with E-state index in [0.717, 1.165) is 23.0 Å². The van der Waals surface area contributed by atoms with Crippen molar-refractivity contribution in [2.45, 2.75) is 24.8 Å². The molecule has 2 aromatic heterocycles. The number of thioether (sulfide) groups is 1. The van der Waals surface area contributed by atoms with Gasteiger partial charge in [-0.25, -0.2) is 9.97 Å². The highest BCUT2D eigenvalue weighted by molar-refractivity contribution is 7.98. The molecule has 0 atom stereocenters. The van der Waals surface area contributed by atoms with Crippen LogP contribution in [0, 0.1) is 13.8 Å². The molecule has 2 rings (SSSR count). The van der Waals surface area contributed by atoms with E-state index in [1.807, 2.05) is 31.7 Å². The maximum Gasteiger partial charge on any atom is 0.251 e. The first-order valence-electron chi connectivity index (χ1n) is 5.24. The number of rotatable bonds is 3. The molecule has 6 heteroatoms. The molecule has 0 fully saturated rings. The molecular weight excluding hydrogens is 236 g/mol. The standard InChI is InChI=1S/C11H14N4OS/c1-7-4-10(16)14-11(13-7)17-6-9-5-12-8(2)15(9)3/h4-5H,6H2,1-3H3,(H,13,14,16). The van der Waals surface area contributed by atoms with Gasteiger partial charge < -0.3 is 9.55 Å². The molecule has 90 valence electrons. The summed E-state index contributed by atoms with van der Waals surface area (Å²) in [5.41, 5.74) is 1.73. The van der Waals surface area contributed by atoms with E-state index in [-0.39, 0.29) is 5.56 Å². The number of aryl methyl sites for hydroxylation is 2. The zero-order valence-electron chi connectivity index (χ0n) is 10.0. The van der Waals surface area contributed by atoms with E-state index in [2.05, 4.69) is 15.0 Å². The molecule has 0 saturated heterocycles. The predicted molar refractivity (Wildman–Crippen MR) is 67.1 cm³/mol. The van der Waals surface area contributed by atoms with Gasteiger partial charge in [-0.3, -0.25) is 4.79 Å². The number of aromatic nitrogens is 4. The molecule has 0 aliphatic rings. The van der Waals surface area contributed by atoms with Crippen molar-refractivity contribution in [3.63, 3.8) is 0 Å². The van der Waals surface area contributed by atoms with Gasteiger partial charge in [0.1, 0.15) is 5.82 Å². The smallest absolute Gasteiger partial charge is 0.251 e. The number of nitrogens with one attached hydrogen (secondary N) is 1. The maximum atomic E-state index is 11.3. The molecule has 0 aromatic carbocycles. The monoisotopic (exact) mass is 250 g/mol. The van der Waals surface area contributed by atoms with Gasteiger partial charge in [0.25, 0.3) is 5.56 Å². The largest absolute Gasteiger partial charge is 0.335 e. The molecule has 2 aromatic rings. The molecule has 0 amide bonds. The molecule has 0 radical (unpaired) electrons. The first-order valence-corrected chi connectivity index (χ1v) is 6.23. The van der Waals surface area contributed by atoms with Crippen LogP contribution in [0.15, 0.2) is 22.2 Å². The predicted octanol–water partition coefficient (Wildman–Crippen LogP) is 1.41. The number of hydrogen-bond donors (Lipinski definition) is 1. The lowest BCUT2D eigenvalue weighted by molar-refractivity contribution is 0.820. The molecule has 17 heavy (non-hydrogen) atoms. The van der Waals surface area contributed by atoms with Gasteiger partial charge in [0.2, 0.25) is 0 Å². The Balaban J connectivity index is 2.12. The molecule has 0 saturated carbocycles. The summed E-state index contributed by atoms with van der Waals surface area (Å²) in [5.74, 6) is 1.72. The van der Waals surface area contributed by atoms with Gasteiger partial charge in [0.05, 0.1) is 0 Å². The van der Waals surface area contributed by atoms with Gasteiger partial charge in [-0.05, 0) is 13.8 Å². The molecule has 0 spiro atoms. The van der Waals surface area contributed by atoms with Crippen LogP contribution in [0.4, 0.5) is 0 Å². The lowest BCUT2D eigenvalue weighted by Crippen LogP contribution is -2.08. The second-order valence-electron chi connectivity index (χ2n) is 3.84. The van der Waals surface area contributed by atoms with E-state index >= 15 is 0 Å². The van der Waals surface area contributed by atoms with Crippen LogP contribution in [0.2, 0.25) is 0 Å². The van der Waals surface area contributed by atoms with E-state index in [4.69, 9.17) is 0 Å². The summed E-state index contributed by atoms with van der Waals surface area (Å²) < 4.78 is 2.03. The second kappa shape index (κ2) is 4.75. The first-order chi connectivity index (χ1) is 8.06. The van der Waals surface area contributed by atoms with Gasteiger partial charge in [0, 0.05) is 36.5 Å². The van der Waals surface area contributed by atoms with Crippen LogP contribution in [-0.4, -0.2) is 19.5 Å². The summed E-state index contributed by atoms with van der Waals surface area (Å²) in [6.45, 7) is 3.77. The van der Waals surface area contributed by atoms with E-state index < -0.39 is 0 Å². The van der Waals surface area contributed by atoms with Gasteiger partial charge in [0.15, 0.2) is 5.16 Å². The number of nitrogens with zero attached hydrogens (tertiary/aromatic N) is 3. The zero-order valence-corrected chi connectivity index (χ0v) is 10.8. The van der Waals surface area contributed by atoms with Crippen molar-refractivity contribution in [3.8, 4) is 0 Å². The van der Waals surface area contributed by atoms with Crippen LogP contribution in [0.1, 0.15) is 17.2 Å². The van der Waals surface area contributed by atoms with Crippen molar-refractivity contribution in [1.82, 2.24) is 19.5 Å². The molecular formula is C11H14N4OS. The van der Waals surface area contributed by atoms with Gasteiger partial charge in [-0.2, -0.15) is 0 Å². The molecule has 0 unspecified atom stereocenters. The zero-order chi connectivity index (χ0) is 12.4. The lowest BCUT2D eigenvalue weighted by Gasteiger charge is -2.03. The topological polar surface area (TPSA) is 63.6 Å². The molecule has 1 N–H and O–H groups in total. The number of aromatic amines is 1. The fourth-order valence-electron chi connectivity index (χ4n) is 1.45. The minimum atomic E-state index is -0.110. The van der Waals surface area contributed by atoms with Crippen molar-refractivity contribution in [2.75, 3.05) is 0 Å². The third-order valence-corrected chi connectivity index (χ3v) is 3.43. The van der Waals surface area contributed by atoms with E-state index in [1.54, 1.807) is 0 Å². The third-order valence-electron chi connectivity index (χ3n) is 2.52. The minimum absolute atomic E-state index is 0.110. The molecule has 0 aliphatic heterocycles. The summed E-state index contributed by atoms with van der Waals surface area (Å²) in [7, 11) is 1.98. The minimum Gasteiger partial charge on any atom is -0.335 e. The summed E-state index contributed by atoms with van der Waals surface area (Å²) in [6.07, 6.45) is 1.84. The number of imidazole rings is 1. The van der Waals surface area contributed by atoms with Crippen LogP contribution in [0.5, 0.6) is 0 Å². The fourth-order valence-corrected chi connectivity index (χ4v) is 2.38. The summed E-state index contributed by atoms with van der Waals surface area (Å²) in [6, 6.07) is 1.48. The van der Waals surface area contributed by atoms with Crippen molar-refractivity contribution in [1.29, 1.82) is 0 Å². The van der Waals surface area contributed by atoms with Crippen LogP contribution >= 0.6 is 11.8 Å².